The van der Waals surface area contributed by atoms with Crippen LogP contribution in [0.15, 0.2) is 42.5 Å². The molecule has 0 radical (unpaired) electrons. The van der Waals surface area contributed by atoms with E-state index in [0.717, 1.165) is 11.4 Å². The number of methoxy groups -OCH3 is 2. The van der Waals surface area contributed by atoms with Crippen molar-refractivity contribution in [1.29, 1.82) is 0 Å². The summed E-state index contributed by atoms with van der Waals surface area (Å²) < 4.78 is 10.6. The molecular weight excluding hydrogens is 308 g/mol. The van der Waals surface area contributed by atoms with Gasteiger partial charge in [0.25, 0.3) is 0 Å². The zero-order valence-electron chi connectivity index (χ0n) is 13.8. The van der Waals surface area contributed by atoms with Crippen molar-refractivity contribution in [2.45, 2.75) is 19.9 Å². The van der Waals surface area contributed by atoms with Gasteiger partial charge in [0.1, 0.15) is 11.5 Å². The lowest BCUT2D eigenvalue weighted by Gasteiger charge is -2.20. The summed E-state index contributed by atoms with van der Waals surface area (Å²) in [5, 5.41) is 7.02. The number of ether oxygens (including phenoxy) is 2. The number of thiocarbonyl (C=S) groups is 1. The van der Waals surface area contributed by atoms with E-state index in [9.17, 15) is 0 Å². The molecule has 0 fully saturated rings. The van der Waals surface area contributed by atoms with Gasteiger partial charge in [-0.15, -0.1) is 0 Å². The van der Waals surface area contributed by atoms with Crippen LogP contribution in [0.1, 0.15) is 24.1 Å². The van der Waals surface area contributed by atoms with Gasteiger partial charge in [-0.25, -0.2) is 0 Å². The Labute approximate surface area is 142 Å². The van der Waals surface area contributed by atoms with E-state index in [0.29, 0.717) is 10.9 Å². The maximum atomic E-state index is 5.42. The molecule has 23 heavy (non-hydrogen) atoms. The number of hydrogen-bond donors (Lipinski definition) is 2. The normalized spacial score (nSPS) is 11.5. The van der Waals surface area contributed by atoms with Gasteiger partial charge in [0, 0.05) is 6.07 Å². The SMILES string of the molecule is COc1ccc(NC(=S)N[C@H](C)c2ccccc2C)c(OC)c1. The van der Waals surface area contributed by atoms with Crippen LogP contribution in [0.25, 0.3) is 0 Å². The van der Waals surface area contributed by atoms with Crippen LogP contribution in [0.2, 0.25) is 0 Å². The lowest BCUT2D eigenvalue weighted by Crippen LogP contribution is -2.31. The molecule has 0 spiro atoms. The third-order valence-corrected chi connectivity index (χ3v) is 3.88. The number of benzene rings is 2. The molecule has 4 nitrogen and oxygen atoms in total. The number of hydrogen-bond acceptors (Lipinski definition) is 3. The first-order valence-electron chi connectivity index (χ1n) is 7.40. The van der Waals surface area contributed by atoms with E-state index in [4.69, 9.17) is 21.7 Å². The smallest absolute Gasteiger partial charge is 0.171 e. The second-order valence-electron chi connectivity index (χ2n) is 5.24. The summed E-state index contributed by atoms with van der Waals surface area (Å²) in [7, 11) is 3.24. The van der Waals surface area contributed by atoms with E-state index < -0.39 is 0 Å². The topological polar surface area (TPSA) is 42.5 Å². The summed E-state index contributed by atoms with van der Waals surface area (Å²) >= 11 is 5.42. The van der Waals surface area contributed by atoms with Crippen LogP contribution in [-0.2, 0) is 0 Å². The summed E-state index contributed by atoms with van der Waals surface area (Å²) in [5.41, 5.74) is 3.25. The molecule has 5 heteroatoms. The van der Waals surface area contributed by atoms with Crippen molar-refractivity contribution in [3.8, 4) is 11.5 Å². The predicted octanol–water partition coefficient (Wildman–Crippen LogP) is 4.06. The zero-order valence-corrected chi connectivity index (χ0v) is 14.7. The van der Waals surface area contributed by atoms with E-state index >= 15 is 0 Å². The van der Waals surface area contributed by atoms with Gasteiger partial charge in [0.15, 0.2) is 5.11 Å². The van der Waals surface area contributed by atoms with Crippen LogP contribution >= 0.6 is 12.2 Å². The van der Waals surface area contributed by atoms with Gasteiger partial charge in [0.05, 0.1) is 25.9 Å². The first-order chi connectivity index (χ1) is 11.0. The molecule has 0 saturated carbocycles. The van der Waals surface area contributed by atoms with Crippen LogP contribution in [0.3, 0.4) is 0 Å². The highest BCUT2D eigenvalue weighted by Crippen LogP contribution is 2.29. The first kappa shape index (κ1) is 17.1. The van der Waals surface area contributed by atoms with Gasteiger partial charge in [-0.1, -0.05) is 24.3 Å². The quantitative estimate of drug-likeness (QED) is 0.809. The fraction of sp³-hybridized carbons (Fsp3) is 0.278. The average Bonchev–Trinajstić information content (AvgIpc) is 2.55. The molecule has 0 aliphatic rings. The summed E-state index contributed by atoms with van der Waals surface area (Å²) in [6.45, 7) is 4.18. The highest BCUT2D eigenvalue weighted by Gasteiger charge is 2.11. The molecule has 0 heterocycles. The van der Waals surface area contributed by atoms with Crippen LogP contribution in [-0.4, -0.2) is 19.3 Å². The van der Waals surface area contributed by atoms with Gasteiger partial charge >= 0.3 is 0 Å². The Morgan fingerprint density at radius 3 is 2.48 bits per heavy atom. The summed E-state index contributed by atoms with van der Waals surface area (Å²) in [6.07, 6.45) is 0. The molecule has 2 N–H and O–H groups in total. The van der Waals surface area contributed by atoms with E-state index in [2.05, 4.69) is 36.6 Å². The summed E-state index contributed by atoms with van der Waals surface area (Å²) in [6, 6.07) is 13.9. The minimum Gasteiger partial charge on any atom is -0.497 e. The zero-order chi connectivity index (χ0) is 16.8. The van der Waals surface area contributed by atoms with Crippen molar-refractivity contribution in [3.63, 3.8) is 0 Å². The van der Waals surface area contributed by atoms with E-state index in [1.54, 1.807) is 14.2 Å². The third-order valence-electron chi connectivity index (χ3n) is 3.66. The number of aryl methyl sites for hydroxylation is 1. The maximum Gasteiger partial charge on any atom is 0.171 e. The monoisotopic (exact) mass is 330 g/mol. The molecule has 1 atom stereocenters. The molecule has 2 aromatic rings. The highest BCUT2D eigenvalue weighted by atomic mass is 32.1. The fourth-order valence-electron chi connectivity index (χ4n) is 2.41. The van der Waals surface area contributed by atoms with Crippen LogP contribution in [0, 0.1) is 6.92 Å². The predicted molar refractivity (Wildman–Crippen MR) is 98.5 cm³/mol. The van der Waals surface area contributed by atoms with Crippen LogP contribution in [0.4, 0.5) is 5.69 Å². The van der Waals surface area contributed by atoms with Crippen LogP contribution < -0.4 is 20.1 Å². The Balaban J connectivity index is 2.06. The molecule has 2 rings (SSSR count). The minimum atomic E-state index is 0.112. The summed E-state index contributed by atoms with van der Waals surface area (Å²) in [5.74, 6) is 1.41. The molecule has 122 valence electrons. The van der Waals surface area contributed by atoms with Gasteiger partial charge in [-0.2, -0.15) is 0 Å². The molecule has 0 bridgehead atoms. The standard InChI is InChI=1S/C18H22N2O2S/c1-12-7-5-6-8-15(12)13(2)19-18(23)20-16-10-9-14(21-3)11-17(16)22-4/h5-11,13H,1-4H3,(H2,19,20,23)/t13-/m1/s1. The van der Waals surface area contributed by atoms with Gasteiger partial charge in [-0.05, 0) is 49.3 Å². The second-order valence-corrected chi connectivity index (χ2v) is 5.65. The molecule has 0 aliphatic carbocycles. The highest BCUT2D eigenvalue weighted by molar-refractivity contribution is 7.80. The third kappa shape index (κ3) is 4.36. The van der Waals surface area contributed by atoms with E-state index in [-0.39, 0.29) is 6.04 Å². The lowest BCUT2D eigenvalue weighted by atomic mass is 10.0. The molecule has 0 aromatic heterocycles. The van der Waals surface area contributed by atoms with Crippen molar-refractivity contribution in [3.05, 3.63) is 53.6 Å². The van der Waals surface area contributed by atoms with Crippen molar-refractivity contribution in [2.75, 3.05) is 19.5 Å². The Morgan fingerprint density at radius 2 is 1.83 bits per heavy atom. The Morgan fingerprint density at radius 1 is 1.09 bits per heavy atom. The van der Waals surface area contributed by atoms with Crippen molar-refractivity contribution < 1.29 is 9.47 Å². The molecule has 0 amide bonds. The Hall–Kier alpha value is -2.27. The fourth-order valence-corrected chi connectivity index (χ4v) is 2.69. The Bertz CT molecular complexity index is 688. The molecule has 0 unspecified atom stereocenters. The number of anilines is 1. The van der Waals surface area contributed by atoms with Crippen molar-refractivity contribution in [1.82, 2.24) is 5.32 Å². The van der Waals surface area contributed by atoms with Gasteiger partial charge < -0.3 is 20.1 Å². The summed E-state index contributed by atoms with van der Waals surface area (Å²) in [4.78, 5) is 0. The number of rotatable bonds is 5. The maximum absolute atomic E-state index is 5.42. The Kier molecular flexibility index (Phi) is 5.82. The first-order valence-corrected chi connectivity index (χ1v) is 7.81. The van der Waals surface area contributed by atoms with Gasteiger partial charge in [0.2, 0.25) is 0 Å². The second kappa shape index (κ2) is 7.83. The molecule has 2 aromatic carbocycles. The van der Waals surface area contributed by atoms with E-state index in [1.807, 2.05) is 30.3 Å². The molecule has 0 aliphatic heterocycles. The van der Waals surface area contributed by atoms with Crippen molar-refractivity contribution >= 4 is 23.0 Å². The largest absolute Gasteiger partial charge is 0.497 e. The average molecular weight is 330 g/mol. The van der Waals surface area contributed by atoms with Crippen molar-refractivity contribution in [2.24, 2.45) is 0 Å². The van der Waals surface area contributed by atoms with Crippen LogP contribution in [0.5, 0.6) is 11.5 Å². The molecular formula is C18H22N2O2S. The van der Waals surface area contributed by atoms with E-state index in [1.165, 1.54) is 11.1 Å². The van der Waals surface area contributed by atoms with Gasteiger partial charge in [-0.3, -0.25) is 0 Å². The number of nitrogens with one attached hydrogen (secondary N) is 2. The molecule has 0 saturated heterocycles. The lowest BCUT2D eigenvalue weighted by molar-refractivity contribution is 0.395. The minimum absolute atomic E-state index is 0.112.